The predicted octanol–water partition coefficient (Wildman–Crippen LogP) is 1.56. The molecule has 2 heterocycles. The van der Waals surface area contributed by atoms with Crippen molar-refractivity contribution in [2.45, 2.75) is 12.8 Å². The lowest BCUT2D eigenvalue weighted by atomic mass is 10.2. The number of hydrogen-bond acceptors (Lipinski definition) is 6. The fourth-order valence-corrected chi connectivity index (χ4v) is 2.96. The van der Waals surface area contributed by atoms with E-state index in [0.717, 1.165) is 44.8 Å². The molecule has 27 heavy (non-hydrogen) atoms. The summed E-state index contributed by atoms with van der Waals surface area (Å²) in [5.41, 5.74) is 6.72. The molecule has 0 unspecified atom stereocenters. The number of rotatable bonds is 8. The number of benzene rings is 1. The monoisotopic (exact) mass is 392 g/mol. The summed E-state index contributed by atoms with van der Waals surface area (Å²) in [4.78, 5) is 11.1. The van der Waals surface area contributed by atoms with E-state index in [4.69, 9.17) is 26.6 Å². The van der Waals surface area contributed by atoms with Crippen LogP contribution in [0.25, 0.3) is 11.4 Å². The molecule has 1 saturated heterocycles. The lowest BCUT2D eigenvalue weighted by Crippen LogP contribution is -2.37. The second-order valence-electron chi connectivity index (χ2n) is 6.27. The average molecular weight is 393 g/mol. The normalized spacial score (nSPS) is 15.8. The quantitative estimate of drug-likeness (QED) is 0.399. The molecule has 1 aromatic carbocycles. The minimum Gasteiger partial charge on any atom is -0.379 e. The summed E-state index contributed by atoms with van der Waals surface area (Å²) in [5, 5.41) is 7.69. The molecule has 146 valence electrons. The van der Waals surface area contributed by atoms with Gasteiger partial charge >= 0.3 is 0 Å². The number of aliphatic imine (C=N–C) groups is 1. The summed E-state index contributed by atoms with van der Waals surface area (Å²) in [6, 6.07) is 7.35. The highest BCUT2D eigenvalue weighted by Gasteiger charge is 2.10. The van der Waals surface area contributed by atoms with Gasteiger partial charge in [0.25, 0.3) is 0 Å². The molecular formula is C18H25ClN6O2. The van der Waals surface area contributed by atoms with Crippen LogP contribution in [0.1, 0.15) is 12.3 Å². The molecule has 0 aliphatic carbocycles. The minimum absolute atomic E-state index is 0.437. The molecule has 0 bridgehead atoms. The highest BCUT2D eigenvalue weighted by molar-refractivity contribution is 6.30. The third-order valence-electron chi connectivity index (χ3n) is 4.21. The van der Waals surface area contributed by atoms with Crippen LogP contribution >= 0.6 is 11.6 Å². The van der Waals surface area contributed by atoms with Crippen molar-refractivity contribution in [2.75, 3.05) is 45.9 Å². The van der Waals surface area contributed by atoms with Gasteiger partial charge in [0.15, 0.2) is 5.96 Å². The molecule has 0 spiro atoms. The molecule has 0 amide bonds. The van der Waals surface area contributed by atoms with Crippen molar-refractivity contribution < 1.29 is 9.26 Å². The molecule has 1 aliphatic rings. The second-order valence-corrected chi connectivity index (χ2v) is 6.71. The Morgan fingerprint density at radius 3 is 3.00 bits per heavy atom. The zero-order valence-electron chi connectivity index (χ0n) is 15.2. The number of ether oxygens (including phenoxy) is 1. The maximum atomic E-state index is 5.98. The van der Waals surface area contributed by atoms with Gasteiger partial charge in [-0.2, -0.15) is 4.98 Å². The Morgan fingerprint density at radius 2 is 2.19 bits per heavy atom. The van der Waals surface area contributed by atoms with E-state index in [1.807, 2.05) is 12.1 Å². The van der Waals surface area contributed by atoms with E-state index >= 15 is 0 Å². The first-order valence-electron chi connectivity index (χ1n) is 9.13. The van der Waals surface area contributed by atoms with Gasteiger partial charge < -0.3 is 20.3 Å². The Bertz CT molecular complexity index is 745. The number of morpholine rings is 1. The molecular weight excluding hydrogens is 368 g/mol. The van der Waals surface area contributed by atoms with Gasteiger partial charge in [0.1, 0.15) is 0 Å². The largest absolute Gasteiger partial charge is 0.379 e. The van der Waals surface area contributed by atoms with Crippen LogP contribution in [0.5, 0.6) is 0 Å². The van der Waals surface area contributed by atoms with Crippen LogP contribution in [0, 0.1) is 0 Å². The predicted molar refractivity (Wildman–Crippen MR) is 105 cm³/mol. The zero-order valence-corrected chi connectivity index (χ0v) is 16.0. The van der Waals surface area contributed by atoms with Crippen LogP contribution in [0.3, 0.4) is 0 Å². The standard InChI is InChI=1S/C18H25ClN6O2/c19-15-4-1-3-14(13-15)17-23-16(27-24-17)5-7-22-18(20)21-6-2-8-25-9-11-26-12-10-25/h1,3-4,13H,2,5-12H2,(H3,20,21,22). The molecule has 0 atom stereocenters. The fourth-order valence-electron chi connectivity index (χ4n) is 2.77. The molecule has 8 nitrogen and oxygen atoms in total. The zero-order chi connectivity index (χ0) is 18.9. The third-order valence-corrected chi connectivity index (χ3v) is 4.45. The topological polar surface area (TPSA) is 102 Å². The number of nitrogens with zero attached hydrogens (tertiary/aromatic N) is 4. The van der Waals surface area contributed by atoms with Gasteiger partial charge in [0.05, 0.1) is 13.2 Å². The highest BCUT2D eigenvalue weighted by Crippen LogP contribution is 2.19. The lowest BCUT2D eigenvalue weighted by Gasteiger charge is -2.26. The van der Waals surface area contributed by atoms with E-state index in [9.17, 15) is 0 Å². The van der Waals surface area contributed by atoms with Gasteiger partial charge in [-0.25, -0.2) is 0 Å². The molecule has 0 saturated carbocycles. The molecule has 1 aromatic heterocycles. The Balaban J connectivity index is 1.35. The summed E-state index contributed by atoms with van der Waals surface area (Å²) in [5.74, 6) is 1.50. The van der Waals surface area contributed by atoms with Gasteiger partial charge in [-0.1, -0.05) is 28.9 Å². The molecule has 0 radical (unpaired) electrons. The Morgan fingerprint density at radius 1 is 1.33 bits per heavy atom. The number of halogens is 1. The summed E-state index contributed by atoms with van der Waals surface area (Å²) in [6.45, 7) is 5.95. The van der Waals surface area contributed by atoms with Gasteiger partial charge in [0.2, 0.25) is 11.7 Å². The third kappa shape index (κ3) is 6.50. The van der Waals surface area contributed by atoms with Crippen molar-refractivity contribution in [3.05, 3.63) is 35.2 Å². The Labute approximate surface area is 163 Å². The van der Waals surface area contributed by atoms with Crippen molar-refractivity contribution in [1.29, 1.82) is 0 Å². The summed E-state index contributed by atoms with van der Waals surface area (Å²) in [7, 11) is 0. The van der Waals surface area contributed by atoms with Crippen LogP contribution in [0.2, 0.25) is 5.02 Å². The van der Waals surface area contributed by atoms with Crippen LogP contribution in [0.4, 0.5) is 0 Å². The first kappa shape index (κ1) is 19.6. The summed E-state index contributed by atoms with van der Waals surface area (Å²) >= 11 is 5.98. The fraction of sp³-hybridized carbons (Fsp3) is 0.500. The van der Waals surface area contributed by atoms with Crippen molar-refractivity contribution in [3.8, 4) is 11.4 Å². The van der Waals surface area contributed by atoms with Crippen LogP contribution in [0.15, 0.2) is 33.8 Å². The van der Waals surface area contributed by atoms with Gasteiger partial charge in [0, 0.05) is 49.7 Å². The first-order valence-corrected chi connectivity index (χ1v) is 9.51. The van der Waals surface area contributed by atoms with E-state index in [1.54, 1.807) is 12.1 Å². The van der Waals surface area contributed by atoms with Crippen LogP contribution in [-0.2, 0) is 11.2 Å². The van der Waals surface area contributed by atoms with E-state index in [2.05, 4.69) is 25.3 Å². The molecule has 1 fully saturated rings. The lowest BCUT2D eigenvalue weighted by molar-refractivity contribution is 0.0377. The average Bonchev–Trinajstić information content (AvgIpc) is 3.15. The summed E-state index contributed by atoms with van der Waals surface area (Å²) in [6.07, 6.45) is 1.55. The van der Waals surface area contributed by atoms with E-state index in [-0.39, 0.29) is 0 Å². The molecule has 9 heteroatoms. The van der Waals surface area contributed by atoms with Crippen molar-refractivity contribution in [3.63, 3.8) is 0 Å². The SMILES string of the molecule is NC(=NCCCN1CCOCC1)NCCc1nc(-c2cccc(Cl)c2)no1. The number of nitrogens with one attached hydrogen (secondary N) is 1. The number of hydrogen-bond donors (Lipinski definition) is 2. The highest BCUT2D eigenvalue weighted by atomic mass is 35.5. The first-order chi connectivity index (χ1) is 13.2. The summed E-state index contributed by atoms with van der Waals surface area (Å²) < 4.78 is 10.6. The molecule has 3 rings (SSSR count). The van der Waals surface area contributed by atoms with Gasteiger partial charge in [-0.15, -0.1) is 0 Å². The second kappa shape index (κ2) is 10.2. The van der Waals surface area contributed by atoms with Gasteiger partial charge in [-0.05, 0) is 18.6 Å². The van der Waals surface area contributed by atoms with E-state index < -0.39 is 0 Å². The maximum Gasteiger partial charge on any atom is 0.228 e. The van der Waals surface area contributed by atoms with Crippen molar-refractivity contribution >= 4 is 17.6 Å². The maximum absolute atomic E-state index is 5.98. The minimum atomic E-state index is 0.437. The van der Waals surface area contributed by atoms with Gasteiger partial charge in [-0.3, -0.25) is 9.89 Å². The smallest absolute Gasteiger partial charge is 0.228 e. The Hall–Kier alpha value is -2.16. The van der Waals surface area contributed by atoms with Crippen molar-refractivity contribution in [1.82, 2.24) is 20.4 Å². The number of aromatic nitrogens is 2. The molecule has 3 N–H and O–H groups in total. The van der Waals surface area contributed by atoms with Crippen LogP contribution < -0.4 is 11.1 Å². The van der Waals surface area contributed by atoms with Crippen molar-refractivity contribution in [2.24, 2.45) is 10.7 Å². The van der Waals surface area contributed by atoms with E-state index in [1.165, 1.54) is 0 Å². The molecule has 1 aliphatic heterocycles. The van der Waals surface area contributed by atoms with Crippen LogP contribution in [-0.4, -0.2) is 66.9 Å². The number of guanidine groups is 1. The van der Waals surface area contributed by atoms with E-state index in [0.29, 0.717) is 42.2 Å². The number of nitrogens with two attached hydrogens (primary N) is 1. The molecule has 2 aromatic rings. The Kier molecular flexibility index (Phi) is 7.44.